The number of benzene rings is 2. The first-order valence-electron chi connectivity index (χ1n) is 12.4. The van der Waals surface area contributed by atoms with Gasteiger partial charge in [-0.2, -0.15) is 0 Å². The first kappa shape index (κ1) is 24.9. The van der Waals surface area contributed by atoms with Crippen molar-refractivity contribution in [1.82, 2.24) is 20.5 Å². The number of hydrogen-bond donors (Lipinski definition) is 2. The van der Waals surface area contributed by atoms with Gasteiger partial charge in [-0.3, -0.25) is 15.1 Å². The van der Waals surface area contributed by atoms with Crippen molar-refractivity contribution in [2.75, 3.05) is 25.0 Å². The van der Waals surface area contributed by atoms with Gasteiger partial charge in [0.2, 0.25) is 5.13 Å². The molecule has 1 amide bonds. The first-order valence-corrected chi connectivity index (χ1v) is 13.2. The van der Waals surface area contributed by atoms with Crippen molar-refractivity contribution in [3.8, 4) is 22.1 Å². The number of carbonyl (C=O) groups is 1. The summed E-state index contributed by atoms with van der Waals surface area (Å²) in [7, 11) is 0. The number of pyridine rings is 1. The number of nitrogens with one attached hydrogen (secondary N) is 2. The number of hydrogen-bond acceptors (Lipinski definition) is 8. The highest BCUT2D eigenvalue weighted by molar-refractivity contribution is 7.18. The third-order valence-electron chi connectivity index (χ3n) is 6.28. The highest BCUT2D eigenvalue weighted by atomic mass is 32.1. The molecule has 0 aliphatic carbocycles. The summed E-state index contributed by atoms with van der Waals surface area (Å²) in [6.45, 7) is 4.57. The molecule has 1 aliphatic heterocycles. The van der Waals surface area contributed by atoms with Crippen LogP contribution in [-0.2, 0) is 0 Å². The van der Waals surface area contributed by atoms with Gasteiger partial charge < -0.3 is 14.8 Å². The van der Waals surface area contributed by atoms with Gasteiger partial charge in [-0.05, 0) is 74.7 Å². The topological polar surface area (TPSA) is 98.3 Å². The third-order valence-corrected chi connectivity index (χ3v) is 7.17. The van der Waals surface area contributed by atoms with E-state index in [1.807, 2.05) is 49.4 Å². The van der Waals surface area contributed by atoms with Crippen LogP contribution in [-0.4, -0.2) is 40.8 Å². The second-order valence-electron chi connectivity index (χ2n) is 8.94. The summed E-state index contributed by atoms with van der Waals surface area (Å²) < 4.78 is 12.5. The van der Waals surface area contributed by atoms with E-state index < -0.39 is 0 Å². The zero-order valence-electron chi connectivity index (χ0n) is 20.6. The lowest BCUT2D eigenvalue weighted by atomic mass is 9.99. The van der Waals surface area contributed by atoms with E-state index in [1.54, 1.807) is 30.6 Å². The van der Waals surface area contributed by atoms with Crippen LogP contribution >= 0.6 is 11.3 Å². The minimum Gasteiger partial charge on any atom is -0.489 e. The maximum absolute atomic E-state index is 13.1. The SMILES string of the molecule is CC(Oc1ccc(C(=O)Nc2nnc(-c3ccncc3)s2)cc1OCC1CCNCC1)c1ccccc1. The summed E-state index contributed by atoms with van der Waals surface area (Å²) in [6, 6.07) is 19.0. The van der Waals surface area contributed by atoms with E-state index in [9.17, 15) is 4.79 Å². The summed E-state index contributed by atoms with van der Waals surface area (Å²) in [6.07, 6.45) is 5.35. The van der Waals surface area contributed by atoms with Crippen molar-refractivity contribution in [3.05, 3.63) is 84.2 Å². The van der Waals surface area contributed by atoms with Gasteiger partial charge >= 0.3 is 0 Å². The van der Waals surface area contributed by atoms with Crippen molar-refractivity contribution in [2.24, 2.45) is 5.92 Å². The van der Waals surface area contributed by atoms with Crippen LogP contribution in [0.15, 0.2) is 73.1 Å². The highest BCUT2D eigenvalue weighted by Crippen LogP contribution is 2.34. The number of carbonyl (C=O) groups excluding carboxylic acids is 1. The Kier molecular flexibility index (Phi) is 8.02. The van der Waals surface area contributed by atoms with E-state index in [1.165, 1.54) is 11.3 Å². The largest absolute Gasteiger partial charge is 0.489 e. The first-order chi connectivity index (χ1) is 18.2. The number of nitrogens with zero attached hydrogens (tertiary/aromatic N) is 3. The summed E-state index contributed by atoms with van der Waals surface area (Å²) in [5.74, 6) is 1.35. The standard InChI is InChI=1S/C28H29N5O3S/c1-19(21-5-3-2-4-6-21)36-24-8-7-23(17-25(24)35-18-20-9-13-29-14-10-20)26(34)31-28-33-32-27(37-28)22-11-15-30-16-12-22/h2-8,11-12,15-17,19-20,29H,9-10,13-14,18H2,1H3,(H,31,33,34). The number of anilines is 1. The lowest BCUT2D eigenvalue weighted by molar-refractivity contribution is 0.102. The maximum atomic E-state index is 13.1. The average molecular weight is 516 g/mol. The molecule has 3 heterocycles. The van der Waals surface area contributed by atoms with E-state index in [-0.39, 0.29) is 12.0 Å². The van der Waals surface area contributed by atoms with Crippen LogP contribution in [0.2, 0.25) is 0 Å². The van der Waals surface area contributed by atoms with Crippen molar-refractivity contribution >= 4 is 22.4 Å². The van der Waals surface area contributed by atoms with Crippen LogP contribution in [0.5, 0.6) is 11.5 Å². The molecule has 9 heteroatoms. The highest BCUT2D eigenvalue weighted by Gasteiger charge is 2.19. The van der Waals surface area contributed by atoms with E-state index in [0.717, 1.165) is 37.1 Å². The third kappa shape index (κ3) is 6.49. The van der Waals surface area contributed by atoms with Gasteiger partial charge in [0.1, 0.15) is 11.1 Å². The van der Waals surface area contributed by atoms with Gasteiger partial charge in [-0.25, -0.2) is 0 Å². The van der Waals surface area contributed by atoms with Gasteiger partial charge in [0.05, 0.1) is 6.61 Å². The molecule has 5 rings (SSSR count). The Balaban J connectivity index is 1.33. The normalized spacial score (nSPS) is 14.6. The molecular weight excluding hydrogens is 486 g/mol. The predicted octanol–water partition coefficient (Wildman–Crippen LogP) is 5.37. The Bertz CT molecular complexity index is 1310. The van der Waals surface area contributed by atoms with Crippen LogP contribution < -0.4 is 20.1 Å². The lowest BCUT2D eigenvalue weighted by Crippen LogP contribution is -2.30. The fourth-order valence-electron chi connectivity index (χ4n) is 4.15. The molecule has 8 nitrogen and oxygen atoms in total. The van der Waals surface area contributed by atoms with Gasteiger partial charge in [0, 0.05) is 23.5 Å². The number of amides is 1. The molecule has 1 atom stereocenters. The van der Waals surface area contributed by atoms with Crippen LogP contribution in [0, 0.1) is 5.92 Å². The minimum atomic E-state index is -0.285. The van der Waals surface area contributed by atoms with E-state index >= 15 is 0 Å². The van der Waals surface area contributed by atoms with Crippen LogP contribution in [0.1, 0.15) is 41.8 Å². The molecule has 2 aromatic carbocycles. The number of rotatable bonds is 9. The molecule has 0 saturated carbocycles. The van der Waals surface area contributed by atoms with Gasteiger partial charge in [-0.1, -0.05) is 41.7 Å². The van der Waals surface area contributed by atoms with E-state index in [0.29, 0.717) is 39.7 Å². The Labute approximate surface area is 220 Å². The number of ether oxygens (including phenoxy) is 2. The van der Waals surface area contributed by atoms with Crippen LogP contribution in [0.3, 0.4) is 0 Å². The fraction of sp³-hybridized carbons (Fsp3) is 0.286. The van der Waals surface area contributed by atoms with Crippen LogP contribution in [0.25, 0.3) is 10.6 Å². The number of aromatic nitrogens is 3. The molecule has 1 saturated heterocycles. The summed E-state index contributed by atoms with van der Waals surface area (Å²) in [5, 5.41) is 15.7. The maximum Gasteiger partial charge on any atom is 0.257 e. The fourth-order valence-corrected chi connectivity index (χ4v) is 4.90. The van der Waals surface area contributed by atoms with E-state index in [2.05, 4.69) is 25.8 Å². The quantitative estimate of drug-likeness (QED) is 0.309. The molecular formula is C28H29N5O3S. The van der Waals surface area contributed by atoms with E-state index in [4.69, 9.17) is 9.47 Å². The predicted molar refractivity (Wildman–Crippen MR) is 144 cm³/mol. The molecule has 4 aromatic rings. The molecule has 1 aliphatic rings. The molecule has 2 N–H and O–H groups in total. The van der Waals surface area contributed by atoms with Gasteiger partial charge in [0.25, 0.3) is 5.91 Å². The zero-order valence-corrected chi connectivity index (χ0v) is 21.4. The summed E-state index contributed by atoms with van der Waals surface area (Å²) in [5.41, 5.74) is 2.42. The van der Waals surface area contributed by atoms with Crippen molar-refractivity contribution < 1.29 is 14.3 Å². The monoisotopic (exact) mass is 515 g/mol. The Hall–Kier alpha value is -3.82. The molecule has 0 spiro atoms. The second kappa shape index (κ2) is 11.9. The molecule has 1 fully saturated rings. The smallest absolute Gasteiger partial charge is 0.257 e. The molecule has 0 radical (unpaired) electrons. The van der Waals surface area contributed by atoms with Crippen molar-refractivity contribution in [2.45, 2.75) is 25.9 Å². The Morgan fingerprint density at radius 2 is 1.84 bits per heavy atom. The molecule has 1 unspecified atom stereocenters. The molecule has 37 heavy (non-hydrogen) atoms. The van der Waals surface area contributed by atoms with Crippen molar-refractivity contribution in [3.63, 3.8) is 0 Å². The molecule has 190 valence electrons. The van der Waals surface area contributed by atoms with Gasteiger partial charge in [-0.15, -0.1) is 10.2 Å². The van der Waals surface area contributed by atoms with Crippen molar-refractivity contribution in [1.29, 1.82) is 0 Å². The molecule has 0 bridgehead atoms. The zero-order chi connectivity index (χ0) is 25.5. The Morgan fingerprint density at radius 1 is 1.05 bits per heavy atom. The minimum absolute atomic E-state index is 0.171. The molecule has 2 aromatic heterocycles. The van der Waals surface area contributed by atoms with Gasteiger partial charge in [0.15, 0.2) is 11.5 Å². The average Bonchev–Trinajstić information content (AvgIpc) is 3.42. The summed E-state index contributed by atoms with van der Waals surface area (Å²) >= 11 is 1.31. The Morgan fingerprint density at radius 3 is 2.62 bits per heavy atom. The second-order valence-corrected chi connectivity index (χ2v) is 9.92. The van der Waals surface area contributed by atoms with Crippen LogP contribution in [0.4, 0.5) is 5.13 Å². The lowest BCUT2D eigenvalue weighted by Gasteiger charge is -2.24. The summed E-state index contributed by atoms with van der Waals surface area (Å²) in [4.78, 5) is 17.1. The number of piperidine rings is 1.